The van der Waals surface area contributed by atoms with Gasteiger partial charge in [-0.15, -0.1) is 10.2 Å². The highest BCUT2D eigenvalue weighted by Gasteiger charge is 2.24. The minimum atomic E-state index is -0.271. The van der Waals surface area contributed by atoms with E-state index in [-0.39, 0.29) is 18.3 Å². The Labute approximate surface area is 160 Å². The number of nitrogens with zero attached hydrogens (tertiary/aromatic N) is 5. The van der Waals surface area contributed by atoms with Crippen LogP contribution in [0, 0.1) is 5.82 Å². The lowest BCUT2D eigenvalue weighted by molar-refractivity contribution is -0.119. The number of aromatic nitrogens is 4. The lowest BCUT2D eigenvalue weighted by atomic mass is 10.0. The largest absolute Gasteiger partial charge is 0.493 e. The average Bonchev–Trinajstić information content (AvgIpc) is 3.37. The highest BCUT2D eigenvalue weighted by molar-refractivity contribution is 5.97. The van der Waals surface area contributed by atoms with Crippen molar-refractivity contribution in [2.24, 2.45) is 0 Å². The van der Waals surface area contributed by atoms with Crippen LogP contribution < -0.4 is 15.0 Å². The second kappa shape index (κ2) is 6.74. The van der Waals surface area contributed by atoms with Crippen LogP contribution in [0.25, 0.3) is 5.65 Å². The van der Waals surface area contributed by atoms with Gasteiger partial charge in [-0.2, -0.15) is 0 Å². The Morgan fingerprint density at radius 3 is 3.07 bits per heavy atom. The summed E-state index contributed by atoms with van der Waals surface area (Å²) in [5, 5.41) is 11.3. The Bertz CT molecular complexity index is 1070. The van der Waals surface area contributed by atoms with Crippen LogP contribution in [-0.4, -0.2) is 38.6 Å². The van der Waals surface area contributed by atoms with Gasteiger partial charge in [0, 0.05) is 37.1 Å². The quantitative estimate of drug-likeness (QED) is 0.746. The van der Waals surface area contributed by atoms with Gasteiger partial charge < -0.3 is 15.0 Å². The maximum absolute atomic E-state index is 14.4. The maximum Gasteiger partial charge on any atom is 0.227 e. The summed E-state index contributed by atoms with van der Waals surface area (Å²) in [4.78, 5) is 18.4. The Morgan fingerprint density at radius 2 is 2.18 bits per heavy atom. The summed E-state index contributed by atoms with van der Waals surface area (Å²) < 4.78 is 21.6. The van der Waals surface area contributed by atoms with Crippen LogP contribution in [-0.2, 0) is 17.8 Å². The summed E-state index contributed by atoms with van der Waals surface area (Å²) in [5.74, 6) is 1.02. The van der Waals surface area contributed by atoms with Crippen LogP contribution in [0.2, 0.25) is 0 Å². The first kappa shape index (κ1) is 16.9. The number of nitrogens with one attached hydrogen (secondary N) is 1. The normalized spacial score (nSPS) is 16.3. The van der Waals surface area contributed by atoms with Crippen LogP contribution in [0.5, 0.6) is 5.75 Å². The Kier molecular flexibility index (Phi) is 4.07. The smallest absolute Gasteiger partial charge is 0.227 e. The van der Waals surface area contributed by atoms with Crippen molar-refractivity contribution in [3.05, 3.63) is 41.6 Å². The molecule has 0 radical (unpaired) electrons. The Balaban J connectivity index is 1.45. The molecule has 3 aromatic rings. The first-order valence-corrected chi connectivity index (χ1v) is 9.38. The van der Waals surface area contributed by atoms with E-state index < -0.39 is 0 Å². The molecule has 5 rings (SSSR count). The molecule has 28 heavy (non-hydrogen) atoms. The number of hydrogen-bond acceptors (Lipinski definition) is 6. The Hall–Kier alpha value is -3.23. The van der Waals surface area contributed by atoms with Gasteiger partial charge in [-0.1, -0.05) is 0 Å². The fourth-order valence-corrected chi connectivity index (χ4v) is 3.86. The van der Waals surface area contributed by atoms with Gasteiger partial charge in [-0.05, 0) is 25.0 Å². The fraction of sp³-hybridized carbons (Fsp3) is 0.368. The molecule has 144 valence electrons. The molecule has 1 aromatic carbocycles. The number of ether oxygens (including phenoxy) is 1. The fourth-order valence-electron chi connectivity index (χ4n) is 3.86. The van der Waals surface area contributed by atoms with Crippen LogP contribution >= 0.6 is 0 Å². The molecule has 0 aliphatic carbocycles. The van der Waals surface area contributed by atoms with Crippen molar-refractivity contribution >= 4 is 23.2 Å². The summed E-state index contributed by atoms with van der Waals surface area (Å²) in [6, 6.07) is 3.09. The van der Waals surface area contributed by atoms with Crippen LogP contribution in [0.3, 0.4) is 0 Å². The van der Waals surface area contributed by atoms with Crippen molar-refractivity contribution in [2.75, 3.05) is 23.4 Å². The van der Waals surface area contributed by atoms with E-state index in [9.17, 15) is 9.18 Å². The van der Waals surface area contributed by atoms with Gasteiger partial charge in [-0.25, -0.2) is 13.8 Å². The van der Waals surface area contributed by atoms with Crippen molar-refractivity contribution in [1.29, 1.82) is 0 Å². The van der Waals surface area contributed by atoms with E-state index in [1.165, 1.54) is 12.4 Å². The molecule has 0 saturated carbocycles. The molecule has 1 fully saturated rings. The number of benzene rings is 1. The molecular formula is C19H19FN6O2. The maximum atomic E-state index is 14.4. The summed E-state index contributed by atoms with van der Waals surface area (Å²) in [6.07, 6.45) is 6.24. The zero-order chi connectivity index (χ0) is 19.1. The molecule has 1 amide bonds. The van der Waals surface area contributed by atoms with E-state index in [0.29, 0.717) is 48.8 Å². The van der Waals surface area contributed by atoms with Crippen LogP contribution in [0.15, 0.2) is 24.7 Å². The molecule has 0 unspecified atom stereocenters. The van der Waals surface area contributed by atoms with Gasteiger partial charge >= 0.3 is 0 Å². The third-order valence-electron chi connectivity index (χ3n) is 5.29. The average molecular weight is 382 g/mol. The van der Waals surface area contributed by atoms with Crippen molar-refractivity contribution in [2.45, 2.75) is 32.2 Å². The van der Waals surface area contributed by atoms with Crippen molar-refractivity contribution in [1.82, 2.24) is 19.6 Å². The summed E-state index contributed by atoms with van der Waals surface area (Å²) in [7, 11) is 0. The van der Waals surface area contributed by atoms with E-state index in [2.05, 4.69) is 20.5 Å². The molecule has 1 N–H and O–H groups in total. The summed E-state index contributed by atoms with van der Waals surface area (Å²) >= 11 is 0. The van der Waals surface area contributed by atoms with Gasteiger partial charge in [0.05, 0.1) is 12.8 Å². The molecule has 0 bridgehead atoms. The number of anilines is 2. The number of amides is 1. The zero-order valence-corrected chi connectivity index (χ0v) is 15.2. The van der Waals surface area contributed by atoms with Gasteiger partial charge in [0.15, 0.2) is 5.65 Å². The first-order chi connectivity index (χ1) is 13.7. The molecule has 0 spiro atoms. The minimum absolute atomic E-state index is 0.0700. The number of carbonyl (C=O) groups excluding carboxylic acids is 1. The molecule has 2 aliphatic heterocycles. The monoisotopic (exact) mass is 382 g/mol. The molecule has 9 heteroatoms. The SMILES string of the molecule is O=C1CCCCN1c1cnc(NCc2c(F)ccc3c2CCO3)n2cnnc12. The second-order valence-corrected chi connectivity index (χ2v) is 6.95. The number of rotatable bonds is 4. The molecule has 4 heterocycles. The van der Waals surface area contributed by atoms with E-state index in [1.807, 2.05) is 0 Å². The number of hydrogen-bond donors (Lipinski definition) is 1. The van der Waals surface area contributed by atoms with Crippen LogP contribution in [0.1, 0.15) is 30.4 Å². The second-order valence-electron chi connectivity index (χ2n) is 6.95. The number of piperidine rings is 1. The first-order valence-electron chi connectivity index (χ1n) is 9.38. The number of carbonyl (C=O) groups is 1. The van der Waals surface area contributed by atoms with Gasteiger partial charge in [0.2, 0.25) is 11.9 Å². The molecule has 2 aromatic heterocycles. The van der Waals surface area contributed by atoms with Crippen molar-refractivity contribution < 1.29 is 13.9 Å². The molecule has 0 atom stereocenters. The predicted molar refractivity (Wildman–Crippen MR) is 99.9 cm³/mol. The summed E-state index contributed by atoms with van der Waals surface area (Å²) in [6.45, 7) is 1.48. The van der Waals surface area contributed by atoms with Gasteiger partial charge in [-0.3, -0.25) is 4.79 Å². The molecular weight excluding hydrogens is 363 g/mol. The molecule has 8 nitrogen and oxygen atoms in total. The van der Waals surface area contributed by atoms with E-state index >= 15 is 0 Å². The highest BCUT2D eigenvalue weighted by atomic mass is 19.1. The van der Waals surface area contributed by atoms with Gasteiger partial charge in [0.25, 0.3) is 0 Å². The summed E-state index contributed by atoms with van der Waals surface area (Å²) in [5.41, 5.74) is 2.67. The van der Waals surface area contributed by atoms with E-state index in [0.717, 1.165) is 24.2 Å². The van der Waals surface area contributed by atoms with E-state index in [4.69, 9.17) is 4.74 Å². The third kappa shape index (κ3) is 2.74. The lowest BCUT2D eigenvalue weighted by Gasteiger charge is -2.26. The molecule has 2 aliphatic rings. The standard InChI is InChI=1S/C19H19FN6O2/c20-14-4-5-16-12(6-8-28-16)13(14)9-21-19-22-10-15(18-24-23-11-26(18)19)25-7-2-1-3-17(25)27/h4-5,10-11H,1-3,6-9H2,(H,21,22). The topological polar surface area (TPSA) is 84.7 Å². The number of halogens is 1. The highest BCUT2D eigenvalue weighted by Crippen LogP contribution is 2.31. The van der Waals surface area contributed by atoms with Crippen molar-refractivity contribution in [3.63, 3.8) is 0 Å². The molecule has 1 saturated heterocycles. The van der Waals surface area contributed by atoms with E-state index in [1.54, 1.807) is 21.6 Å². The predicted octanol–water partition coefficient (Wildman–Crippen LogP) is 2.33. The Morgan fingerprint density at radius 1 is 1.25 bits per heavy atom. The lowest BCUT2D eigenvalue weighted by Crippen LogP contribution is -2.35. The third-order valence-corrected chi connectivity index (χ3v) is 5.29. The van der Waals surface area contributed by atoms with Crippen molar-refractivity contribution in [3.8, 4) is 5.75 Å². The van der Waals surface area contributed by atoms with Crippen LogP contribution in [0.4, 0.5) is 16.0 Å². The number of fused-ring (bicyclic) bond motifs is 2. The zero-order valence-electron chi connectivity index (χ0n) is 15.2. The van der Waals surface area contributed by atoms with Gasteiger partial charge in [0.1, 0.15) is 23.6 Å². The minimum Gasteiger partial charge on any atom is -0.493 e.